The highest BCUT2D eigenvalue weighted by Crippen LogP contribution is 2.41. The standard InChI is InChI=1S/C25H24ClN5O2/c1-2-30-24(32)22-23(31-12-19(28-25(30)31)10-16-6-4-3-5-7-16)27-15-29(22)11-17-8-9-18-13-33-14-20(26)21(17)18/h3-7,13-15,19H,2,8-12H2,1H3/t19-/m1/s1. The monoisotopic (exact) mass is 461 g/mol. The van der Waals surface area contributed by atoms with Gasteiger partial charge in [-0.1, -0.05) is 41.9 Å². The Balaban J connectivity index is 1.33. The normalized spacial score (nSPS) is 21.3. The van der Waals surface area contributed by atoms with Crippen LogP contribution in [0, 0.1) is 0 Å². The molecule has 0 bridgehead atoms. The summed E-state index contributed by atoms with van der Waals surface area (Å²) in [7, 11) is 0. The number of benzene rings is 1. The lowest BCUT2D eigenvalue weighted by Gasteiger charge is -2.33. The van der Waals surface area contributed by atoms with Gasteiger partial charge in [0, 0.05) is 18.7 Å². The van der Waals surface area contributed by atoms with Gasteiger partial charge in [0.1, 0.15) is 6.26 Å². The molecule has 4 heterocycles. The van der Waals surface area contributed by atoms with Gasteiger partial charge in [-0.15, -0.1) is 0 Å². The molecule has 0 N–H and O–H groups in total. The lowest BCUT2D eigenvalue weighted by Crippen LogP contribution is -2.50. The molecule has 33 heavy (non-hydrogen) atoms. The number of aromatic nitrogens is 2. The maximum absolute atomic E-state index is 13.5. The van der Waals surface area contributed by atoms with Crippen LogP contribution in [0.5, 0.6) is 0 Å². The molecule has 1 aromatic carbocycles. The number of nitrogens with zero attached hydrogens (tertiary/aromatic N) is 5. The fourth-order valence-electron chi connectivity index (χ4n) is 5.17. The summed E-state index contributed by atoms with van der Waals surface area (Å²) < 4.78 is 7.29. The molecule has 0 saturated carbocycles. The number of carbonyl (C=O) groups is 1. The number of hydrogen-bond donors (Lipinski definition) is 0. The number of aliphatic imine (C=N–C) groups is 1. The van der Waals surface area contributed by atoms with Crippen LogP contribution in [0.25, 0.3) is 0 Å². The van der Waals surface area contributed by atoms with E-state index in [0.717, 1.165) is 30.4 Å². The van der Waals surface area contributed by atoms with E-state index in [1.807, 2.05) is 29.7 Å². The number of guanidine groups is 1. The van der Waals surface area contributed by atoms with Crippen molar-refractivity contribution in [1.29, 1.82) is 0 Å². The minimum absolute atomic E-state index is 0.0478. The highest BCUT2D eigenvalue weighted by atomic mass is 35.5. The average Bonchev–Trinajstić information content (AvgIpc) is 3.53. The van der Waals surface area contributed by atoms with Crippen molar-refractivity contribution in [3.63, 3.8) is 0 Å². The van der Waals surface area contributed by atoms with E-state index >= 15 is 0 Å². The van der Waals surface area contributed by atoms with Crippen LogP contribution in [0.1, 0.15) is 35.8 Å². The van der Waals surface area contributed by atoms with Gasteiger partial charge in [-0.05, 0) is 42.9 Å². The Morgan fingerprint density at radius 2 is 2.03 bits per heavy atom. The van der Waals surface area contributed by atoms with Gasteiger partial charge in [-0.25, -0.2) is 9.98 Å². The molecule has 0 unspecified atom stereocenters. The van der Waals surface area contributed by atoms with Gasteiger partial charge in [0.05, 0.1) is 30.2 Å². The molecule has 2 aromatic rings. The largest absolute Gasteiger partial charge is 0.471 e. The molecule has 7 nitrogen and oxygen atoms in total. The van der Waals surface area contributed by atoms with Crippen LogP contribution in [-0.2, 0) is 17.7 Å². The predicted molar refractivity (Wildman–Crippen MR) is 127 cm³/mol. The third-order valence-corrected chi connectivity index (χ3v) is 6.96. The maximum atomic E-state index is 13.5. The second-order valence-corrected chi connectivity index (χ2v) is 9.11. The van der Waals surface area contributed by atoms with Crippen molar-refractivity contribution in [2.75, 3.05) is 18.0 Å². The van der Waals surface area contributed by atoms with Crippen molar-refractivity contribution < 1.29 is 9.53 Å². The first-order chi connectivity index (χ1) is 16.1. The summed E-state index contributed by atoms with van der Waals surface area (Å²) in [5.41, 5.74) is 5.23. The van der Waals surface area contributed by atoms with E-state index in [1.165, 1.54) is 11.1 Å². The number of fused-ring (bicyclic) bond motifs is 4. The molecule has 0 radical (unpaired) electrons. The zero-order valence-corrected chi connectivity index (χ0v) is 19.1. The van der Waals surface area contributed by atoms with Gasteiger partial charge in [-0.2, -0.15) is 0 Å². The van der Waals surface area contributed by atoms with Gasteiger partial charge < -0.3 is 9.30 Å². The van der Waals surface area contributed by atoms with Crippen LogP contribution in [0.3, 0.4) is 0 Å². The van der Waals surface area contributed by atoms with E-state index in [4.69, 9.17) is 21.3 Å². The Morgan fingerprint density at radius 3 is 2.85 bits per heavy atom. The van der Waals surface area contributed by atoms with Gasteiger partial charge in [-0.3, -0.25) is 14.6 Å². The van der Waals surface area contributed by atoms with Gasteiger partial charge >= 0.3 is 0 Å². The molecule has 0 spiro atoms. The van der Waals surface area contributed by atoms with E-state index in [9.17, 15) is 4.79 Å². The second kappa shape index (κ2) is 7.92. The van der Waals surface area contributed by atoms with Crippen molar-refractivity contribution >= 4 is 29.3 Å². The number of rotatable bonds is 5. The van der Waals surface area contributed by atoms with E-state index in [0.29, 0.717) is 42.1 Å². The molecule has 1 atom stereocenters. The van der Waals surface area contributed by atoms with Crippen molar-refractivity contribution in [2.45, 2.75) is 38.8 Å². The number of carbonyl (C=O) groups excluding carboxylic acids is 1. The van der Waals surface area contributed by atoms with Crippen LogP contribution in [0.2, 0.25) is 0 Å². The summed E-state index contributed by atoms with van der Waals surface area (Å²) in [6.07, 6.45) is 7.73. The Kier molecular flexibility index (Phi) is 4.87. The molecule has 1 aliphatic carbocycles. The molecule has 8 heteroatoms. The van der Waals surface area contributed by atoms with E-state index in [1.54, 1.807) is 23.8 Å². The summed E-state index contributed by atoms with van der Waals surface area (Å²) in [6.45, 7) is 3.84. The first kappa shape index (κ1) is 20.3. The lowest BCUT2D eigenvalue weighted by atomic mass is 10.1. The second-order valence-electron chi connectivity index (χ2n) is 8.70. The van der Waals surface area contributed by atoms with Crippen LogP contribution in [0.4, 0.5) is 5.82 Å². The summed E-state index contributed by atoms with van der Waals surface area (Å²) in [5, 5.41) is 0.619. The minimum Gasteiger partial charge on any atom is -0.471 e. The first-order valence-corrected chi connectivity index (χ1v) is 11.7. The first-order valence-electron chi connectivity index (χ1n) is 11.3. The highest BCUT2D eigenvalue weighted by molar-refractivity contribution is 6.32. The van der Waals surface area contributed by atoms with E-state index in [-0.39, 0.29) is 11.9 Å². The van der Waals surface area contributed by atoms with Crippen molar-refractivity contribution in [2.24, 2.45) is 4.99 Å². The summed E-state index contributed by atoms with van der Waals surface area (Å²) >= 11 is 6.44. The van der Waals surface area contributed by atoms with Crippen molar-refractivity contribution in [1.82, 2.24) is 14.5 Å². The topological polar surface area (TPSA) is 63.0 Å². The molecular formula is C25H24ClN5O2. The molecule has 0 saturated heterocycles. The fraction of sp³-hybridized carbons (Fsp3) is 0.320. The molecule has 3 aliphatic heterocycles. The third-order valence-electron chi connectivity index (χ3n) is 6.68. The molecule has 0 fully saturated rings. The number of allylic oxidation sites excluding steroid dienone is 4. The molecule has 1 aromatic heterocycles. The number of imidazole rings is 1. The maximum Gasteiger partial charge on any atom is 0.281 e. The van der Waals surface area contributed by atoms with E-state index < -0.39 is 0 Å². The number of hydrogen-bond acceptors (Lipinski definition) is 5. The molecule has 1 amide bonds. The summed E-state index contributed by atoms with van der Waals surface area (Å²) in [6, 6.07) is 10.4. The minimum atomic E-state index is -0.0478. The van der Waals surface area contributed by atoms with Crippen LogP contribution in [0.15, 0.2) is 75.9 Å². The van der Waals surface area contributed by atoms with Crippen LogP contribution < -0.4 is 4.90 Å². The third kappa shape index (κ3) is 3.30. The number of ether oxygens (including phenoxy) is 1. The Bertz CT molecular complexity index is 1260. The van der Waals surface area contributed by atoms with Crippen molar-refractivity contribution in [3.05, 3.63) is 82.2 Å². The summed E-state index contributed by atoms with van der Waals surface area (Å²) in [4.78, 5) is 27.0. The average molecular weight is 462 g/mol. The molecule has 4 aliphatic rings. The lowest BCUT2D eigenvalue weighted by molar-refractivity contribution is 0.0836. The van der Waals surface area contributed by atoms with Crippen LogP contribution >= 0.6 is 11.6 Å². The molecule has 168 valence electrons. The zero-order valence-electron chi connectivity index (χ0n) is 18.4. The smallest absolute Gasteiger partial charge is 0.281 e. The SMILES string of the molecule is CCN1C(=O)c2c(ncn2CC2=C3C(Cl)=COC=C3CC2)N2C[C@@H](Cc3ccccc3)N=C12. The quantitative estimate of drug-likeness (QED) is 0.668. The highest BCUT2D eigenvalue weighted by Gasteiger charge is 2.42. The van der Waals surface area contributed by atoms with Gasteiger partial charge in [0.15, 0.2) is 11.5 Å². The Morgan fingerprint density at radius 1 is 1.18 bits per heavy atom. The van der Waals surface area contributed by atoms with Gasteiger partial charge in [0.25, 0.3) is 5.91 Å². The number of amides is 1. The Hall–Kier alpha value is -3.32. The van der Waals surface area contributed by atoms with Crippen LogP contribution in [-0.4, -0.2) is 45.4 Å². The zero-order chi connectivity index (χ0) is 22.5. The molecular weight excluding hydrogens is 438 g/mol. The van der Waals surface area contributed by atoms with E-state index in [2.05, 4.69) is 22.0 Å². The molecule has 6 rings (SSSR count). The van der Waals surface area contributed by atoms with Crippen molar-refractivity contribution in [3.8, 4) is 0 Å². The van der Waals surface area contributed by atoms with Gasteiger partial charge in [0.2, 0.25) is 5.96 Å². The number of halogens is 1. The fourth-order valence-corrected chi connectivity index (χ4v) is 5.48. The Labute approximate surface area is 197 Å². The summed E-state index contributed by atoms with van der Waals surface area (Å²) in [5.74, 6) is 1.37. The predicted octanol–water partition coefficient (Wildman–Crippen LogP) is 4.23. The number of anilines is 1.